The fraction of sp³-hybridized carbons (Fsp3) is 0.440. The molecule has 0 aliphatic carbocycles. The average Bonchev–Trinajstić information content (AvgIpc) is 2.93. The molecule has 0 bridgehead atoms. The molecule has 1 spiro atoms. The van der Waals surface area contributed by atoms with E-state index in [-0.39, 0.29) is 12.1 Å². The lowest BCUT2D eigenvalue weighted by molar-refractivity contribution is -0.127. The number of fused-ring (bicyclic) bond motifs is 1. The van der Waals surface area contributed by atoms with Crippen LogP contribution in [0.15, 0.2) is 41.5 Å². The van der Waals surface area contributed by atoms with Crippen LogP contribution in [0.25, 0.3) is 0 Å². The number of ether oxygens (including phenoxy) is 3. The number of benzene rings is 2. The normalized spacial score (nSPS) is 20.4. The molecule has 1 atom stereocenters. The van der Waals surface area contributed by atoms with E-state index in [0.29, 0.717) is 23.3 Å². The minimum atomic E-state index is -0.173. The van der Waals surface area contributed by atoms with Gasteiger partial charge < -0.3 is 19.1 Å². The number of methoxy groups -OCH3 is 2. The summed E-state index contributed by atoms with van der Waals surface area (Å²) in [6, 6.07) is 11.7. The van der Waals surface area contributed by atoms with Gasteiger partial charge in [0, 0.05) is 37.1 Å². The van der Waals surface area contributed by atoms with Crippen LogP contribution in [0.4, 0.5) is 16.2 Å². The maximum Gasteiger partial charge on any atom is 0.344 e. The van der Waals surface area contributed by atoms with Crippen molar-refractivity contribution in [2.24, 2.45) is 10.5 Å². The van der Waals surface area contributed by atoms with Gasteiger partial charge in [0.05, 0.1) is 45.1 Å². The summed E-state index contributed by atoms with van der Waals surface area (Å²) in [5.74, 6) is 1.32. The first-order valence-electron chi connectivity index (χ1n) is 11.2. The Balaban J connectivity index is 1.29. The van der Waals surface area contributed by atoms with Crippen LogP contribution in [0.2, 0.25) is 0 Å². The molecule has 2 aromatic carbocycles. The van der Waals surface area contributed by atoms with Crippen LogP contribution in [-0.2, 0) is 11.2 Å². The third-order valence-corrected chi connectivity index (χ3v) is 6.85. The molecule has 0 aromatic heterocycles. The lowest BCUT2D eigenvalue weighted by Gasteiger charge is -2.56. The van der Waals surface area contributed by atoms with E-state index < -0.39 is 0 Å². The standard InChI is InChI=1S/C25H30N4O4/c1-17-9-18-10-22(31-3)23(32-4)11-19(18)12-26-29(17)24(30)27(2)20-5-7-21(8-6-20)28-13-25(14-28)15-33-16-25/h5-8,10-12,17H,9,13-16H2,1-4H3. The number of hydrazone groups is 1. The third-order valence-electron chi connectivity index (χ3n) is 6.85. The Hall–Kier alpha value is -3.26. The van der Waals surface area contributed by atoms with Crippen LogP contribution in [0, 0.1) is 5.41 Å². The Morgan fingerprint density at radius 2 is 1.79 bits per heavy atom. The average molecular weight is 451 g/mol. The molecule has 3 aliphatic rings. The Kier molecular flexibility index (Phi) is 5.40. The lowest BCUT2D eigenvalue weighted by Crippen LogP contribution is -2.66. The molecule has 8 nitrogen and oxygen atoms in total. The summed E-state index contributed by atoms with van der Waals surface area (Å²) in [6.45, 7) is 5.82. The first-order chi connectivity index (χ1) is 15.9. The molecule has 2 fully saturated rings. The minimum Gasteiger partial charge on any atom is -0.493 e. The SMILES string of the molecule is COc1cc2c(cc1OC)CC(C)N(C(=O)N(C)c1ccc(N3CC4(COC4)C3)cc1)N=C2. The van der Waals surface area contributed by atoms with Crippen LogP contribution >= 0.6 is 0 Å². The van der Waals surface area contributed by atoms with Crippen LogP contribution < -0.4 is 19.3 Å². The van der Waals surface area contributed by atoms with Crippen molar-refractivity contribution in [2.45, 2.75) is 19.4 Å². The van der Waals surface area contributed by atoms with Crippen molar-refractivity contribution in [3.8, 4) is 11.5 Å². The Morgan fingerprint density at radius 1 is 1.12 bits per heavy atom. The first kappa shape index (κ1) is 21.6. The maximum atomic E-state index is 13.3. The minimum absolute atomic E-state index is 0.114. The van der Waals surface area contributed by atoms with Crippen molar-refractivity contribution in [2.75, 3.05) is 57.4 Å². The Labute approximate surface area is 194 Å². The summed E-state index contributed by atoms with van der Waals surface area (Å²) < 4.78 is 16.2. The molecule has 0 radical (unpaired) electrons. The quantitative estimate of drug-likeness (QED) is 0.715. The van der Waals surface area contributed by atoms with Crippen molar-refractivity contribution < 1.29 is 19.0 Å². The molecule has 0 saturated carbocycles. The highest BCUT2D eigenvalue weighted by molar-refractivity contribution is 5.93. The maximum absolute atomic E-state index is 13.3. The molecule has 3 aliphatic heterocycles. The van der Waals surface area contributed by atoms with Crippen molar-refractivity contribution >= 4 is 23.6 Å². The van der Waals surface area contributed by atoms with E-state index in [1.54, 1.807) is 37.4 Å². The van der Waals surface area contributed by atoms with Gasteiger partial charge in [-0.05, 0) is 55.3 Å². The molecule has 3 heterocycles. The Bertz CT molecular complexity index is 1070. The number of hydrogen-bond donors (Lipinski definition) is 0. The van der Waals surface area contributed by atoms with E-state index >= 15 is 0 Å². The number of nitrogens with zero attached hydrogens (tertiary/aromatic N) is 4. The zero-order valence-corrected chi connectivity index (χ0v) is 19.6. The van der Waals surface area contributed by atoms with Crippen LogP contribution in [0.1, 0.15) is 18.1 Å². The van der Waals surface area contributed by atoms with E-state index in [0.717, 1.165) is 43.1 Å². The molecule has 5 rings (SSSR count). The molecule has 2 amide bonds. The fourth-order valence-corrected chi connectivity index (χ4v) is 4.79. The first-order valence-corrected chi connectivity index (χ1v) is 11.2. The van der Waals surface area contributed by atoms with Gasteiger partial charge in [-0.15, -0.1) is 0 Å². The van der Waals surface area contributed by atoms with Crippen LogP contribution in [0.5, 0.6) is 11.5 Å². The van der Waals surface area contributed by atoms with Crippen LogP contribution in [-0.4, -0.2) is 70.9 Å². The van der Waals surface area contributed by atoms with Gasteiger partial charge in [-0.2, -0.15) is 5.10 Å². The number of urea groups is 1. The van der Waals surface area contributed by atoms with Gasteiger partial charge in [0.2, 0.25) is 0 Å². The number of carbonyl (C=O) groups is 1. The molecule has 0 N–H and O–H groups in total. The Morgan fingerprint density at radius 3 is 2.39 bits per heavy atom. The number of carbonyl (C=O) groups excluding carboxylic acids is 1. The highest BCUT2D eigenvalue weighted by atomic mass is 16.5. The highest BCUT2D eigenvalue weighted by Gasteiger charge is 2.49. The smallest absolute Gasteiger partial charge is 0.344 e. The monoisotopic (exact) mass is 450 g/mol. The number of amides is 2. The fourth-order valence-electron chi connectivity index (χ4n) is 4.79. The molecule has 8 heteroatoms. The van der Waals surface area contributed by atoms with Gasteiger partial charge in [-0.1, -0.05) is 0 Å². The van der Waals surface area contributed by atoms with Gasteiger partial charge >= 0.3 is 6.03 Å². The largest absolute Gasteiger partial charge is 0.493 e. The molecule has 1 unspecified atom stereocenters. The zero-order valence-electron chi connectivity index (χ0n) is 19.6. The zero-order chi connectivity index (χ0) is 23.2. The topological polar surface area (TPSA) is 66.8 Å². The second kappa shape index (κ2) is 8.26. The van der Waals surface area contributed by atoms with Crippen molar-refractivity contribution in [1.82, 2.24) is 5.01 Å². The molecule has 2 aromatic rings. The second-order valence-corrected chi connectivity index (χ2v) is 9.26. The van der Waals surface area contributed by atoms with E-state index in [4.69, 9.17) is 14.2 Å². The molecule has 2 saturated heterocycles. The second-order valence-electron chi connectivity index (χ2n) is 9.26. The summed E-state index contributed by atoms with van der Waals surface area (Å²) in [6.07, 6.45) is 2.38. The molecule has 174 valence electrons. The van der Waals surface area contributed by atoms with Gasteiger partial charge in [-0.25, -0.2) is 9.80 Å². The molecule has 33 heavy (non-hydrogen) atoms. The van der Waals surface area contributed by atoms with E-state index in [1.807, 2.05) is 31.2 Å². The summed E-state index contributed by atoms with van der Waals surface area (Å²) in [5.41, 5.74) is 4.37. The predicted molar refractivity (Wildman–Crippen MR) is 128 cm³/mol. The number of rotatable bonds is 4. The number of anilines is 2. The van der Waals surface area contributed by atoms with Gasteiger partial charge in [0.1, 0.15) is 0 Å². The van der Waals surface area contributed by atoms with Crippen LogP contribution in [0.3, 0.4) is 0 Å². The molecular weight excluding hydrogens is 420 g/mol. The summed E-state index contributed by atoms with van der Waals surface area (Å²) in [4.78, 5) is 17.3. The van der Waals surface area contributed by atoms with Crippen molar-refractivity contribution in [3.05, 3.63) is 47.5 Å². The van der Waals surface area contributed by atoms with Gasteiger partial charge in [0.15, 0.2) is 11.5 Å². The van der Waals surface area contributed by atoms with E-state index in [2.05, 4.69) is 22.1 Å². The molecular formula is C25H30N4O4. The number of hydrogen-bond acceptors (Lipinski definition) is 6. The van der Waals surface area contributed by atoms with Crippen molar-refractivity contribution in [1.29, 1.82) is 0 Å². The third kappa shape index (κ3) is 3.78. The van der Waals surface area contributed by atoms with E-state index in [1.165, 1.54) is 5.69 Å². The van der Waals surface area contributed by atoms with E-state index in [9.17, 15) is 4.79 Å². The summed E-state index contributed by atoms with van der Waals surface area (Å²) >= 11 is 0. The predicted octanol–water partition coefficient (Wildman–Crippen LogP) is 3.38. The van der Waals surface area contributed by atoms with Gasteiger partial charge in [0.25, 0.3) is 0 Å². The van der Waals surface area contributed by atoms with Crippen molar-refractivity contribution in [3.63, 3.8) is 0 Å². The van der Waals surface area contributed by atoms with Gasteiger partial charge in [-0.3, -0.25) is 4.90 Å². The highest BCUT2D eigenvalue weighted by Crippen LogP contribution is 2.40. The summed E-state index contributed by atoms with van der Waals surface area (Å²) in [7, 11) is 5.02. The summed E-state index contributed by atoms with van der Waals surface area (Å²) in [5, 5.41) is 6.07. The lowest BCUT2D eigenvalue weighted by atomic mass is 9.78.